The summed E-state index contributed by atoms with van der Waals surface area (Å²) in [5.74, 6) is 0. The Hall–Kier alpha value is -0.850. The van der Waals surface area contributed by atoms with Crippen molar-refractivity contribution in [2.75, 3.05) is 18.1 Å². The molecule has 0 unspecified atom stereocenters. The highest BCUT2D eigenvalue weighted by atomic mass is 35.5. The molecule has 0 radical (unpaired) electrons. The minimum absolute atomic E-state index is 0.375. The minimum atomic E-state index is 0.375. The first-order valence-corrected chi connectivity index (χ1v) is 7.78. The fourth-order valence-corrected chi connectivity index (χ4v) is 3.59. The highest BCUT2D eigenvalue weighted by Crippen LogP contribution is 2.40. The van der Waals surface area contributed by atoms with Gasteiger partial charge in [-0.15, -0.1) is 0 Å². The van der Waals surface area contributed by atoms with E-state index in [2.05, 4.69) is 17.6 Å². The maximum absolute atomic E-state index is 8.83. The lowest BCUT2D eigenvalue weighted by atomic mass is 10.1. The third kappa shape index (κ3) is 2.93. The van der Waals surface area contributed by atoms with E-state index < -0.39 is 0 Å². The Morgan fingerprint density at radius 3 is 2.72 bits per heavy atom. The van der Waals surface area contributed by atoms with Gasteiger partial charge in [0, 0.05) is 17.0 Å². The molecule has 0 saturated heterocycles. The van der Waals surface area contributed by atoms with Gasteiger partial charge >= 0.3 is 0 Å². The van der Waals surface area contributed by atoms with Gasteiger partial charge in [0.15, 0.2) is 0 Å². The molecule has 18 heavy (non-hydrogen) atoms. The quantitative estimate of drug-likeness (QED) is 0.893. The highest BCUT2D eigenvalue weighted by molar-refractivity contribution is 8.00. The van der Waals surface area contributed by atoms with Crippen LogP contribution in [0, 0.1) is 11.3 Å². The summed E-state index contributed by atoms with van der Waals surface area (Å²) >= 11 is 7.99. The van der Waals surface area contributed by atoms with E-state index in [0.29, 0.717) is 15.3 Å². The van der Waals surface area contributed by atoms with Crippen LogP contribution in [0.5, 0.6) is 0 Å². The van der Waals surface area contributed by atoms with E-state index >= 15 is 0 Å². The van der Waals surface area contributed by atoms with E-state index in [9.17, 15) is 0 Å². The Morgan fingerprint density at radius 2 is 2.17 bits per heavy atom. The van der Waals surface area contributed by atoms with Crippen LogP contribution < -0.4 is 5.32 Å². The first-order valence-electron chi connectivity index (χ1n) is 6.18. The van der Waals surface area contributed by atoms with Crippen molar-refractivity contribution in [1.29, 1.82) is 5.26 Å². The van der Waals surface area contributed by atoms with Gasteiger partial charge < -0.3 is 5.32 Å². The molecule has 1 aromatic rings. The van der Waals surface area contributed by atoms with Crippen molar-refractivity contribution < 1.29 is 0 Å². The van der Waals surface area contributed by atoms with Crippen LogP contribution >= 0.6 is 23.4 Å². The smallest absolute Gasteiger partial charge is 0.101 e. The van der Waals surface area contributed by atoms with E-state index in [4.69, 9.17) is 16.9 Å². The molecule has 1 N–H and O–H groups in total. The van der Waals surface area contributed by atoms with Gasteiger partial charge in [0.2, 0.25) is 0 Å². The molecule has 0 bridgehead atoms. The van der Waals surface area contributed by atoms with Crippen molar-refractivity contribution >= 4 is 29.1 Å². The molecular formula is C14H17ClN2S. The molecule has 1 saturated carbocycles. The van der Waals surface area contributed by atoms with Crippen molar-refractivity contribution in [3.8, 4) is 6.07 Å². The Bertz CT molecular complexity index is 461. The summed E-state index contributed by atoms with van der Waals surface area (Å²) in [5, 5.41) is 12.8. The Balaban J connectivity index is 2.02. The van der Waals surface area contributed by atoms with Gasteiger partial charge in [0.1, 0.15) is 6.07 Å². The van der Waals surface area contributed by atoms with Gasteiger partial charge in [-0.05, 0) is 37.3 Å². The van der Waals surface area contributed by atoms with Crippen molar-refractivity contribution in [1.82, 2.24) is 0 Å². The average molecular weight is 281 g/mol. The SMILES string of the molecule is CSC1(CNc2ccc(C#N)c(Cl)c2)CCCC1. The number of thioether (sulfide) groups is 1. The fourth-order valence-electron chi connectivity index (χ4n) is 2.45. The lowest BCUT2D eigenvalue weighted by Crippen LogP contribution is -2.29. The van der Waals surface area contributed by atoms with E-state index in [1.165, 1.54) is 25.7 Å². The van der Waals surface area contributed by atoms with Gasteiger partial charge in [0.25, 0.3) is 0 Å². The second kappa shape index (κ2) is 5.86. The molecule has 1 aliphatic carbocycles. The summed E-state index contributed by atoms with van der Waals surface area (Å²) in [6.45, 7) is 0.969. The summed E-state index contributed by atoms with van der Waals surface area (Å²) in [6.07, 6.45) is 7.42. The average Bonchev–Trinajstić information content (AvgIpc) is 2.86. The van der Waals surface area contributed by atoms with Gasteiger partial charge in [-0.1, -0.05) is 24.4 Å². The van der Waals surface area contributed by atoms with Crippen molar-refractivity contribution in [2.45, 2.75) is 30.4 Å². The standard InChI is InChI=1S/C14H17ClN2S/c1-18-14(6-2-3-7-14)10-17-12-5-4-11(9-16)13(15)8-12/h4-5,8,17H,2-3,6-7,10H2,1H3. The van der Waals surface area contributed by atoms with Gasteiger partial charge in [0.05, 0.1) is 10.6 Å². The van der Waals surface area contributed by atoms with E-state index in [1.807, 2.05) is 23.9 Å². The normalized spacial score (nSPS) is 17.4. The lowest BCUT2D eigenvalue weighted by Gasteiger charge is -2.27. The fraction of sp³-hybridized carbons (Fsp3) is 0.500. The Kier molecular flexibility index (Phi) is 4.42. The zero-order chi connectivity index (χ0) is 13.0. The molecule has 0 amide bonds. The summed E-state index contributed by atoms with van der Waals surface area (Å²) in [4.78, 5) is 0. The number of hydrogen-bond acceptors (Lipinski definition) is 3. The summed E-state index contributed by atoms with van der Waals surface area (Å²) < 4.78 is 0.375. The number of rotatable bonds is 4. The topological polar surface area (TPSA) is 35.8 Å². The van der Waals surface area contributed by atoms with Crippen molar-refractivity contribution in [3.63, 3.8) is 0 Å². The third-order valence-corrected chi connectivity index (χ3v) is 5.38. The molecule has 1 aliphatic rings. The van der Waals surface area contributed by atoms with Crippen molar-refractivity contribution in [2.24, 2.45) is 0 Å². The number of halogens is 1. The molecule has 0 heterocycles. The molecule has 1 aromatic carbocycles. The summed E-state index contributed by atoms with van der Waals surface area (Å²) in [6, 6.07) is 7.60. The van der Waals surface area contributed by atoms with Crippen LogP contribution in [0.25, 0.3) is 0 Å². The number of nitrogens with zero attached hydrogens (tertiary/aromatic N) is 1. The highest BCUT2D eigenvalue weighted by Gasteiger charge is 2.32. The molecule has 4 heteroatoms. The van der Waals surface area contributed by atoms with Crippen LogP contribution in [0.4, 0.5) is 5.69 Å². The number of nitriles is 1. The molecule has 2 rings (SSSR count). The minimum Gasteiger partial charge on any atom is -0.384 e. The molecule has 0 atom stereocenters. The molecule has 96 valence electrons. The molecular weight excluding hydrogens is 264 g/mol. The lowest BCUT2D eigenvalue weighted by molar-refractivity contribution is 0.640. The maximum atomic E-state index is 8.83. The predicted molar refractivity (Wildman–Crippen MR) is 79.4 cm³/mol. The summed E-state index contributed by atoms with van der Waals surface area (Å²) in [7, 11) is 0. The number of benzene rings is 1. The monoisotopic (exact) mass is 280 g/mol. The third-order valence-electron chi connectivity index (χ3n) is 3.65. The van der Waals surface area contributed by atoms with Crippen LogP contribution in [0.15, 0.2) is 18.2 Å². The largest absolute Gasteiger partial charge is 0.384 e. The van der Waals surface area contributed by atoms with Crippen LogP contribution in [0.2, 0.25) is 5.02 Å². The van der Waals surface area contributed by atoms with Gasteiger partial charge in [-0.25, -0.2) is 0 Å². The van der Waals surface area contributed by atoms with Gasteiger partial charge in [-0.2, -0.15) is 17.0 Å². The second-order valence-corrected chi connectivity index (χ2v) is 6.44. The molecule has 0 spiro atoms. The zero-order valence-corrected chi connectivity index (χ0v) is 12.1. The first kappa shape index (κ1) is 13.6. The van der Waals surface area contributed by atoms with Crippen LogP contribution in [0.1, 0.15) is 31.2 Å². The number of hydrogen-bond donors (Lipinski definition) is 1. The van der Waals surface area contributed by atoms with E-state index in [-0.39, 0.29) is 0 Å². The van der Waals surface area contributed by atoms with Gasteiger partial charge in [-0.3, -0.25) is 0 Å². The predicted octanol–water partition coefficient (Wildman–Crippen LogP) is 4.30. The first-order chi connectivity index (χ1) is 8.69. The maximum Gasteiger partial charge on any atom is 0.101 e. The molecule has 1 fully saturated rings. The number of nitrogens with one attached hydrogen (secondary N) is 1. The van der Waals surface area contributed by atoms with Crippen LogP contribution in [-0.4, -0.2) is 17.5 Å². The van der Waals surface area contributed by atoms with Crippen LogP contribution in [-0.2, 0) is 0 Å². The molecule has 2 nitrogen and oxygen atoms in total. The Morgan fingerprint density at radius 1 is 1.44 bits per heavy atom. The van der Waals surface area contributed by atoms with Crippen molar-refractivity contribution in [3.05, 3.63) is 28.8 Å². The Labute approximate surface area is 118 Å². The second-order valence-electron chi connectivity index (χ2n) is 4.75. The molecule has 0 aromatic heterocycles. The van der Waals surface area contributed by atoms with Crippen LogP contribution in [0.3, 0.4) is 0 Å². The van der Waals surface area contributed by atoms with E-state index in [0.717, 1.165) is 12.2 Å². The van der Waals surface area contributed by atoms with E-state index in [1.54, 1.807) is 6.07 Å². The molecule has 0 aliphatic heterocycles. The summed E-state index contributed by atoms with van der Waals surface area (Å²) in [5.41, 5.74) is 1.53. The zero-order valence-electron chi connectivity index (χ0n) is 10.5. The number of anilines is 1.